The minimum Gasteiger partial charge on any atom is -0.357 e. The Morgan fingerprint density at radius 1 is 1.50 bits per heavy atom. The Kier molecular flexibility index (Phi) is 3.92. The molecule has 2 heterocycles. The molecule has 96 valence electrons. The van der Waals surface area contributed by atoms with Crippen molar-refractivity contribution < 1.29 is 9.59 Å². The lowest BCUT2D eigenvalue weighted by Crippen LogP contribution is -2.49. The lowest BCUT2D eigenvalue weighted by atomic mass is 10.0. The molecule has 1 unspecified atom stereocenters. The van der Waals surface area contributed by atoms with Gasteiger partial charge in [-0.3, -0.25) is 9.59 Å². The minimum atomic E-state index is -0.154. The predicted octanol–water partition coefficient (Wildman–Crippen LogP) is 0.999. The van der Waals surface area contributed by atoms with Crippen LogP contribution in [0.1, 0.15) is 29.6 Å². The Balaban J connectivity index is 2.21. The molecule has 0 bridgehead atoms. The number of amides is 1. The van der Waals surface area contributed by atoms with E-state index in [-0.39, 0.29) is 11.9 Å². The van der Waals surface area contributed by atoms with Gasteiger partial charge in [0.05, 0.1) is 0 Å². The van der Waals surface area contributed by atoms with E-state index in [1.165, 1.54) is 6.20 Å². The Bertz CT molecular complexity index is 430. The molecule has 1 aromatic heterocycles. The predicted molar refractivity (Wildman–Crippen MR) is 68.7 cm³/mol. The molecule has 1 amide bonds. The third kappa shape index (κ3) is 2.50. The van der Waals surface area contributed by atoms with Crippen LogP contribution in [-0.4, -0.2) is 36.8 Å². The lowest BCUT2D eigenvalue weighted by molar-refractivity contribution is -0.122. The second kappa shape index (κ2) is 5.62. The van der Waals surface area contributed by atoms with Gasteiger partial charge in [0.1, 0.15) is 11.9 Å². The molecule has 0 aliphatic carbocycles. The second-order valence-electron chi connectivity index (χ2n) is 4.39. The number of pyridine rings is 1. The van der Waals surface area contributed by atoms with Crippen molar-refractivity contribution in [2.45, 2.75) is 25.3 Å². The number of carbonyl (C=O) groups excluding carboxylic acids is 2. The van der Waals surface area contributed by atoms with E-state index in [2.05, 4.69) is 10.3 Å². The monoisotopic (exact) mass is 247 g/mol. The summed E-state index contributed by atoms with van der Waals surface area (Å²) in [6.45, 7) is 0.825. The Labute approximate surface area is 106 Å². The standard InChI is InChI=1S/C13H17N3O2/c1-14-13(18)11-4-2-3-7-16(11)12-6-5-10(9-17)8-15-12/h5-6,8-9,11H,2-4,7H2,1H3,(H,14,18). The summed E-state index contributed by atoms with van der Waals surface area (Å²) in [6, 6.07) is 3.37. The number of piperidine rings is 1. The van der Waals surface area contributed by atoms with E-state index in [1.54, 1.807) is 19.2 Å². The van der Waals surface area contributed by atoms with Gasteiger partial charge < -0.3 is 10.2 Å². The molecule has 1 aromatic rings. The summed E-state index contributed by atoms with van der Waals surface area (Å²) in [5.74, 6) is 0.782. The molecule has 1 aliphatic heterocycles. The van der Waals surface area contributed by atoms with Crippen molar-refractivity contribution in [3.05, 3.63) is 23.9 Å². The van der Waals surface area contributed by atoms with Crippen LogP contribution in [0.3, 0.4) is 0 Å². The van der Waals surface area contributed by atoms with Crippen molar-refractivity contribution in [2.75, 3.05) is 18.5 Å². The molecule has 0 saturated carbocycles. The van der Waals surface area contributed by atoms with E-state index in [9.17, 15) is 9.59 Å². The maximum Gasteiger partial charge on any atom is 0.242 e. The van der Waals surface area contributed by atoms with E-state index in [1.807, 2.05) is 4.90 Å². The lowest BCUT2D eigenvalue weighted by Gasteiger charge is -2.35. The largest absolute Gasteiger partial charge is 0.357 e. The van der Waals surface area contributed by atoms with Crippen molar-refractivity contribution in [2.24, 2.45) is 0 Å². The van der Waals surface area contributed by atoms with Gasteiger partial charge in [-0.05, 0) is 31.4 Å². The second-order valence-corrected chi connectivity index (χ2v) is 4.39. The summed E-state index contributed by atoms with van der Waals surface area (Å²) in [5.41, 5.74) is 0.548. The third-order valence-corrected chi connectivity index (χ3v) is 3.25. The van der Waals surface area contributed by atoms with Crippen molar-refractivity contribution >= 4 is 18.0 Å². The van der Waals surface area contributed by atoms with Gasteiger partial charge in [-0.25, -0.2) is 4.98 Å². The number of rotatable bonds is 3. The fourth-order valence-electron chi connectivity index (χ4n) is 2.28. The first-order chi connectivity index (χ1) is 8.76. The number of anilines is 1. The highest BCUT2D eigenvalue weighted by molar-refractivity contribution is 5.85. The summed E-state index contributed by atoms with van der Waals surface area (Å²) in [4.78, 5) is 28.7. The van der Waals surface area contributed by atoms with E-state index >= 15 is 0 Å². The summed E-state index contributed by atoms with van der Waals surface area (Å²) in [5, 5.41) is 2.69. The topological polar surface area (TPSA) is 62.3 Å². The molecule has 1 atom stereocenters. The average molecular weight is 247 g/mol. The van der Waals surface area contributed by atoms with Gasteiger partial charge in [-0.1, -0.05) is 0 Å². The molecule has 0 radical (unpaired) electrons. The van der Waals surface area contributed by atoms with Crippen LogP contribution >= 0.6 is 0 Å². The maximum absolute atomic E-state index is 11.8. The highest BCUT2D eigenvalue weighted by atomic mass is 16.2. The van der Waals surface area contributed by atoms with Gasteiger partial charge in [-0.15, -0.1) is 0 Å². The van der Waals surface area contributed by atoms with Gasteiger partial charge in [-0.2, -0.15) is 0 Å². The zero-order chi connectivity index (χ0) is 13.0. The quantitative estimate of drug-likeness (QED) is 0.809. The molecule has 2 rings (SSSR count). The van der Waals surface area contributed by atoms with E-state index in [4.69, 9.17) is 0 Å². The first-order valence-electron chi connectivity index (χ1n) is 6.15. The maximum atomic E-state index is 11.8. The van der Waals surface area contributed by atoms with Crippen LogP contribution in [0.2, 0.25) is 0 Å². The zero-order valence-corrected chi connectivity index (χ0v) is 10.4. The summed E-state index contributed by atoms with van der Waals surface area (Å²) in [7, 11) is 1.65. The van der Waals surface area contributed by atoms with Gasteiger partial charge >= 0.3 is 0 Å². The smallest absolute Gasteiger partial charge is 0.242 e. The van der Waals surface area contributed by atoms with E-state index in [0.29, 0.717) is 5.56 Å². The van der Waals surface area contributed by atoms with Crippen LogP contribution in [0, 0.1) is 0 Å². The van der Waals surface area contributed by atoms with Gasteiger partial charge in [0, 0.05) is 25.4 Å². The van der Waals surface area contributed by atoms with Crippen molar-refractivity contribution in [3.8, 4) is 0 Å². The molecule has 1 aliphatic rings. The molecule has 5 heteroatoms. The first kappa shape index (κ1) is 12.5. The highest BCUT2D eigenvalue weighted by Crippen LogP contribution is 2.23. The van der Waals surface area contributed by atoms with Gasteiger partial charge in [0.25, 0.3) is 0 Å². The number of nitrogens with zero attached hydrogens (tertiary/aromatic N) is 2. The minimum absolute atomic E-state index is 0.0240. The van der Waals surface area contributed by atoms with Crippen molar-refractivity contribution in [1.82, 2.24) is 10.3 Å². The van der Waals surface area contributed by atoms with Crippen LogP contribution < -0.4 is 10.2 Å². The zero-order valence-electron chi connectivity index (χ0n) is 10.4. The average Bonchev–Trinajstić information content (AvgIpc) is 2.46. The number of carbonyl (C=O) groups is 2. The number of likely N-dealkylation sites (N-methyl/N-ethyl adjacent to an activating group) is 1. The molecule has 0 spiro atoms. The molecule has 0 aromatic carbocycles. The molecular formula is C13H17N3O2. The number of aldehydes is 1. The number of hydrogen-bond acceptors (Lipinski definition) is 4. The Morgan fingerprint density at radius 2 is 2.33 bits per heavy atom. The fourth-order valence-corrected chi connectivity index (χ4v) is 2.28. The molecule has 1 saturated heterocycles. The van der Waals surface area contributed by atoms with Crippen LogP contribution in [0.5, 0.6) is 0 Å². The van der Waals surface area contributed by atoms with E-state index < -0.39 is 0 Å². The SMILES string of the molecule is CNC(=O)C1CCCCN1c1ccc(C=O)cn1. The molecule has 5 nitrogen and oxygen atoms in total. The van der Waals surface area contributed by atoms with Crippen LogP contribution in [0.15, 0.2) is 18.3 Å². The molecule has 1 fully saturated rings. The van der Waals surface area contributed by atoms with Crippen LogP contribution in [0.4, 0.5) is 5.82 Å². The number of hydrogen-bond donors (Lipinski definition) is 1. The normalized spacial score (nSPS) is 19.4. The van der Waals surface area contributed by atoms with Crippen LogP contribution in [-0.2, 0) is 4.79 Å². The Hall–Kier alpha value is -1.91. The third-order valence-electron chi connectivity index (χ3n) is 3.25. The van der Waals surface area contributed by atoms with Gasteiger partial charge in [0.15, 0.2) is 6.29 Å². The Morgan fingerprint density at radius 3 is 2.94 bits per heavy atom. The molecule has 1 N–H and O–H groups in total. The van der Waals surface area contributed by atoms with Crippen molar-refractivity contribution in [3.63, 3.8) is 0 Å². The highest BCUT2D eigenvalue weighted by Gasteiger charge is 2.28. The van der Waals surface area contributed by atoms with Crippen LogP contribution in [0.25, 0.3) is 0 Å². The summed E-state index contributed by atoms with van der Waals surface area (Å²) < 4.78 is 0. The first-order valence-corrected chi connectivity index (χ1v) is 6.15. The summed E-state index contributed by atoms with van der Waals surface area (Å²) >= 11 is 0. The number of nitrogens with one attached hydrogen (secondary N) is 1. The molecular weight excluding hydrogens is 230 g/mol. The molecule has 18 heavy (non-hydrogen) atoms. The van der Waals surface area contributed by atoms with Gasteiger partial charge in [0.2, 0.25) is 5.91 Å². The fraction of sp³-hybridized carbons (Fsp3) is 0.462. The van der Waals surface area contributed by atoms with Crippen molar-refractivity contribution in [1.29, 1.82) is 0 Å². The number of aromatic nitrogens is 1. The summed E-state index contributed by atoms with van der Waals surface area (Å²) in [6.07, 6.45) is 5.27. The van der Waals surface area contributed by atoms with E-state index in [0.717, 1.165) is 37.9 Å².